The SMILES string of the molecule is CCOC(=O)c1ccc(NC(=O)[C@H](C)Oc2ccccc2Cl)cc1. The van der Waals surface area contributed by atoms with Crippen LogP contribution in [-0.2, 0) is 9.53 Å². The highest BCUT2D eigenvalue weighted by Gasteiger charge is 2.16. The van der Waals surface area contributed by atoms with Gasteiger partial charge in [-0.15, -0.1) is 0 Å². The van der Waals surface area contributed by atoms with Gasteiger partial charge in [0.25, 0.3) is 5.91 Å². The van der Waals surface area contributed by atoms with Crippen LogP contribution >= 0.6 is 11.6 Å². The first kappa shape index (κ1) is 17.8. The highest BCUT2D eigenvalue weighted by atomic mass is 35.5. The largest absolute Gasteiger partial charge is 0.479 e. The van der Waals surface area contributed by atoms with E-state index >= 15 is 0 Å². The van der Waals surface area contributed by atoms with Crippen molar-refractivity contribution in [3.8, 4) is 5.75 Å². The van der Waals surface area contributed by atoms with Gasteiger partial charge in [-0.05, 0) is 50.2 Å². The zero-order valence-corrected chi connectivity index (χ0v) is 14.2. The zero-order chi connectivity index (χ0) is 17.5. The number of para-hydroxylation sites is 1. The molecule has 0 saturated heterocycles. The summed E-state index contributed by atoms with van der Waals surface area (Å²) in [6.45, 7) is 3.69. The van der Waals surface area contributed by atoms with Crippen LogP contribution < -0.4 is 10.1 Å². The van der Waals surface area contributed by atoms with Crippen LogP contribution in [0.5, 0.6) is 5.75 Å². The van der Waals surface area contributed by atoms with Gasteiger partial charge < -0.3 is 14.8 Å². The summed E-state index contributed by atoms with van der Waals surface area (Å²) < 4.78 is 10.5. The highest BCUT2D eigenvalue weighted by Crippen LogP contribution is 2.24. The van der Waals surface area contributed by atoms with Crippen LogP contribution in [0.1, 0.15) is 24.2 Å². The molecule has 0 aliphatic heterocycles. The molecular formula is C18H18ClNO4. The number of rotatable bonds is 6. The second-order valence-corrected chi connectivity index (χ2v) is 5.38. The van der Waals surface area contributed by atoms with Crippen molar-refractivity contribution in [3.05, 3.63) is 59.1 Å². The fourth-order valence-corrected chi connectivity index (χ4v) is 2.11. The van der Waals surface area contributed by atoms with E-state index in [9.17, 15) is 9.59 Å². The summed E-state index contributed by atoms with van der Waals surface area (Å²) in [7, 11) is 0. The van der Waals surface area contributed by atoms with E-state index in [0.717, 1.165) is 0 Å². The van der Waals surface area contributed by atoms with E-state index in [1.807, 2.05) is 0 Å². The molecule has 0 fully saturated rings. The Morgan fingerprint density at radius 2 is 1.79 bits per heavy atom. The van der Waals surface area contributed by atoms with Crippen molar-refractivity contribution in [3.63, 3.8) is 0 Å². The Labute approximate surface area is 145 Å². The number of hydrogen-bond acceptors (Lipinski definition) is 4. The Hall–Kier alpha value is -2.53. The predicted molar refractivity (Wildman–Crippen MR) is 92.6 cm³/mol. The first-order valence-electron chi connectivity index (χ1n) is 7.50. The van der Waals surface area contributed by atoms with Gasteiger partial charge in [0.15, 0.2) is 6.10 Å². The van der Waals surface area contributed by atoms with Crippen LogP contribution in [0.4, 0.5) is 5.69 Å². The molecule has 0 saturated carbocycles. The van der Waals surface area contributed by atoms with E-state index < -0.39 is 12.1 Å². The van der Waals surface area contributed by atoms with E-state index in [0.29, 0.717) is 28.6 Å². The summed E-state index contributed by atoms with van der Waals surface area (Å²) in [6.07, 6.45) is -0.727. The molecule has 5 nitrogen and oxygen atoms in total. The second kappa shape index (κ2) is 8.36. The van der Waals surface area contributed by atoms with E-state index in [1.54, 1.807) is 62.4 Å². The fraction of sp³-hybridized carbons (Fsp3) is 0.222. The molecule has 1 amide bonds. The predicted octanol–water partition coefficient (Wildman–Crippen LogP) is 3.92. The third-order valence-electron chi connectivity index (χ3n) is 3.17. The van der Waals surface area contributed by atoms with Crippen molar-refractivity contribution in [1.29, 1.82) is 0 Å². The summed E-state index contributed by atoms with van der Waals surface area (Å²) in [6, 6.07) is 13.4. The van der Waals surface area contributed by atoms with E-state index in [4.69, 9.17) is 21.1 Å². The quantitative estimate of drug-likeness (QED) is 0.804. The second-order valence-electron chi connectivity index (χ2n) is 4.98. The molecular weight excluding hydrogens is 330 g/mol. The molecule has 2 rings (SSSR count). The van der Waals surface area contributed by atoms with E-state index in [2.05, 4.69) is 5.32 Å². The van der Waals surface area contributed by atoms with Gasteiger partial charge in [-0.1, -0.05) is 23.7 Å². The molecule has 0 aliphatic carbocycles. The van der Waals surface area contributed by atoms with E-state index in [1.165, 1.54) is 0 Å². The number of esters is 1. The lowest BCUT2D eigenvalue weighted by Crippen LogP contribution is -2.30. The highest BCUT2D eigenvalue weighted by molar-refractivity contribution is 6.32. The zero-order valence-electron chi connectivity index (χ0n) is 13.4. The number of nitrogens with one attached hydrogen (secondary N) is 1. The topological polar surface area (TPSA) is 64.6 Å². The van der Waals surface area contributed by atoms with Crippen molar-refractivity contribution in [1.82, 2.24) is 0 Å². The van der Waals surface area contributed by atoms with Crippen LogP contribution in [0.25, 0.3) is 0 Å². The monoisotopic (exact) mass is 347 g/mol. The van der Waals surface area contributed by atoms with Gasteiger partial charge in [0, 0.05) is 5.69 Å². The first-order chi connectivity index (χ1) is 11.5. The Kier molecular flexibility index (Phi) is 6.21. The van der Waals surface area contributed by atoms with Gasteiger partial charge >= 0.3 is 5.97 Å². The third kappa shape index (κ3) is 4.73. The minimum absolute atomic E-state index is 0.314. The Morgan fingerprint density at radius 1 is 1.12 bits per heavy atom. The third-order valence-corrected chi connectivity index (χ3v) is 3.49. The molecule has 0 aromatic heterocycles. The molecule has 0 aliphatic rings. The summed E-state index contributed by atoms with van der Waals surface area (Å²) >= 11 is 6.01. The molecule has 126 valence electrons. The fourth-order valence-electron chi connectivity index (χ4n) is 1.93. The Balaban J connectivity index is 1.96. The molecule has 2 aromatic rings. The lowest BCUT2D eigenvalue weighted by atomic mass is 10.2. The van der Waals surface area contributed by atoms with Gasteiger partial charge in [-0.25, -0.2) is 4.79 Å². The van der Waals surface area contributed by atoms with Gasteiger partial charge in [0.05, 0.1) is 17.2 Å². The van der Waals surface area contributed by atoms with Gasteiger partial charge in [0.1, 0.15) is 5.75 Å². The van der Waals surface area contributed by atoms with Crippen LogP contribution in [0.3, 0.4) is 0 Å². The molecule has 0 unspecified atom stereocenters. The average Bonchev–Trinajstić information content (AvgIpc) is 2.57. The Bertz CT molecular complexity index is 715. The molecule has 6 heteroatoms. The van der Waals surface area contributed by atoms with Crippen molar-refractivity contribution in [2.24, 2.45) is 0 Å². The summed E-state index contributed by atoms with van der Waals surface area (Å²) in [5.74, 6) is -0.274. The van der Waals surface area contributed by atoms with E-state index in [-0.39, 0.29) is 5.91 Å². The number of hydrogen-bond donors (Lipinski definition) is 1. The molecule has 0 heterocycles. The van der Waals surface area contributed by atoms with Gasteiger partial charge in [-0.2, -0.15) is 0 Å². The maximum Gasteiger partial charge on any atom is 0.338 e. The molecule has 2 aromatic carbocycles. The number of amides is 1. The molecule has 24 heavy (non-hydrogen) atoms. The van der Waals surface area contributed by atoms with Crippen molar-refractivity contribution in [2.45, 2.75) is 20.0 Å². The normalized spacial score (nSPS) is 11.5. The van der Waals surface area contributed by atoms with Crippen molar-refractivity contribution >= 4 is 29.2 Å². The molecule has 1 N–H and O–H groups in total. The van der Waals surface area contributed by atoms with Crippen LogP contribution in [0.2, 0.25) is 5.02 Å². The number of carbonyl (C=O) groups is 2. The first-order valence-corrected chi connectivity index (χ1v) is 7.88. The average molecular weight is 348 g/mol. The van der Waals surface area contributed by atoms with Crippen LogP contribution in [0, 0.1) is 0 Å². The summed E-state index contributed by atoms with van der Waals surface area (Å²) in [5, 5.41) is 3.16. The molecule has 0 spiro atoms. The van der Waals surface area contributed by atoms with Gasteiger partial charge in [0.2, 0.25) is 0 Å². The molecule has 0 radical (unpaired) electrons. The number of ether oxygens (including phenoxy) is 2. The number of carbonyl (C=O) groups excluding carboxylic acids is 2. The van der Waals surface area contributed by atoms with Gasteiger partial charge in [-0.3, -0.25) is 4.79 Å². The van der Waals surface area contributed by atoms with Crippen molar-refractivity contribution in [2.75, 3.05) is 11.9 Å². The number of halogens is 1. The standard InChI is InChI=1S/C18H18ClNO4/c1-3-23-18(22)13-8-10-14(11-9-13)20-17(21)12(2)24-16-7-5-4-6-15(16)19/h4-12H,3H2,1-2H3,(H,20,21)/t12-/m0/s1. The Morgan fingerprint density at radius 3 is 2.42 bits per heavy atom. The van der Waals surface area contributed by atoms with Crippen LogP contribution in [-0.4, -0.2) is 24.6 Å². The smallest absolute Gasteiger partial charge is 0.338 e. The molecule has 0 bridgehead atoms. The summed E-state index contributed by atoms with van der Waals surface area (Å²) in [4.78, 5) is 23.8. The maximum absolute atomic E-state index is 12.2. The lowest BCUT2D eigenvalue weighted by Gasteiger charge is -2.15. The van der Waals surface area contributed by atoms with Crippen molar-refractivity contribution < 1.29 is 19.1 Å². The van der Waals surface area contributed by atoms with Crippen LogP contribution in [0.15, 0.2) is 48.5 Å². The molecule has 1 atom stereocenters. The maximum atomic E-state index is 12.2. The minimum Gasteiger partial charge on any atom is -0.479 e. The minimum atomic E-state index is -0.727. The number of anilines is 1. The number of benzene rings is 2. The lowest BCUT2D eigenvalue weighted by molar-refractivity contribution is -0.122. The summed E-state index contributed by atoms with van der Waals surface area (Å²) in [5.41, 5.74) is 0.984.